The lowest BCUT2D eigenvalue weighted by atomic mass is 10.3. The van der Waals surface area contributed by atoms with Gasteiger partial charge in [0.1, 0.15) is 12.3 Å². The molecule has 90 valence electrons. The first-order chi connectivity index (χ1) is 8.20. The maximum absolute atomic E-state index is 11.3. The van der Waals surface area contributed by atoms with Gasteiger partial charge in [0.15, 0.2) is 5.78 Å². The minimum atomic E-state index is -0.104. The van der Waals surface area contributed by atoms with Crippen molar-refractivity contribution >= 4 is 5.78 Å². The third-order valence-electron chi connectivity index (χ3n) is 2.17. The number of aromatic nitrogens is 4. The van der Waals surface area contributed by atoms with Crippen LogP contribution in [-0.2, 0) is 23.0 Å². The molecule has 0 spiro atoms. The molecule has 0 atom stereocenters. The highest BCUT2D eigenvalue weighted by atomic mass is 16.5. The van der Waals surface area contributed by atoms with Gasteiger partial charge in [0.05, 0.1) is 18.9 Å². The lowest BCUT2D eigenvalue weighted by Crippen LogP contribution is -2.09. The van der Waals surface area contributed by atoms with Crippen molar-refractivity contribution in [3.05, 3.63) is 18.4 Å². The molecule has 0 aliphatic rings. The molecule has 0 aliphatic carbocycles. The van der Waals surface area contributed by atoms with Crippen molar-refractivity contribution in [1.82, 2.24) is 19.7 Å². The summed E-state index contributed by atoms with van der Waals surface area (Å²) in [6.45, 7) is 0.0451. The van der Waals surface area contributed by atoms with Crippen LogP contribution in [0.25, 0.3) is 11.5 Å². The molecule has 7 heteroatoms. The molecule has 2 aromatic heterocycles. The summed E-state index contributed by atoms with van der Waals surface area (Å²) in [5, 5.41) is 3.79. The Balaban J connectivity index is 2.11. The van der Waals surface area contributed by atoms with Gasteiger partial charge in [-0.05, 0) is 0 Å². The largest absolute Gasteiger partial charge is 0.377 e. The smallest absolute Gasteiger partial charge is 0.234 e. The second-order valence-corrected chi connectivity index (χ2v) is 3.55. The fourth-order valence-electron chi connectivity index (χ4n) is 1.38. The molecule has 7 nitrogen and oxygen atoms in total. The highest BCUT2D eigenvalue weighted by Crippen LogP contribution is 2.14. The van der Waals surface area contributed by atoms with Crippen molar-refractivity contribution in [1.29, 1.82) is 0 Å². The van der Waals surface area contributed by atoms with Gasteiger partial charge in [-0.3, -0.25) is 4.79 Å². The van der Waals surface area contributed by atoms with Gasteiger partial charge in [-0.2, -0.15) is 4.98 Å². The number of methoxy groups -OCH3 is 1. The minimum absolute atomic E-state index is 0.0451. The van der Waals surface area contributed by atoms with Crippen molar-refractivity contribution in [3.63, 3.8) is 0 Å². The number of Topliss-reactive ketones (excluding diaryl/α,β-unsaturated/α-hetero) is 1. The van der Waals surface area contributed by atoms with Crippen molar-refractivity contribution in [3.8, 4) is 11.5 Å². The number of hydrogen-bond donors (Lipinski definition) is 0. The van der Waals surface area contributed by atoms with Crippen molar-refractivity contribution in [2.75, 3.05) is 13.7 Å². The SMILES string of the molecule is COCC(=O)Cc1nc(-c2cncn2C)no1. The average Bonchev–Trinajstić information content (AvgIpc) is 2.87. The summed E-state index contributed by atoms with van der Waals surface area (Å²) in [7, 11) is 3.29. The molecule has 0 saturated heterocycles. The van der Waals surface area contributed by atoms with Gasteiger partial charge >= 0.3 is 0 Å². The molecule has 0 aliphatic heterocycles. The number of nitrogens with zero attached hydrogens (tertiary/aromatic N) is 4. The summed E-state index contributed by atoms with van der Waals surface area (Å²) < 4.78 is 11.5. The zero-order valence-corrected chi connectivity index (χ0v) is 9.58. The molecule has 17 heavy (non-hydrogen) atoms. The third kappa shape index (κ3) is 2.56. The van der Waals surface area contributed by atoms with E-state index < -0.39 is 0 Å². The van der Waals surface area contributed by atoms with Crippen LogP contribution in [-0.4, -0.2) is 39.2 Å². The summed E-state index contributed by atoms with van der Waals surface area (Å²) in [6, 6.07) is 0. The molecular weight excluding hydrogens is 224 g/mol. The van der Waals surface area contributed by atoms with Gasteiger partial charge in [0.25, 0.3) is 0 Å². The standard InChI is InChI=1S/C10H12N4O3/c1-14-6-11-4-8(14)10-12-9(17-13-10)3-7(15)5-16-2/h4,6H,3,5H2,1-2H3. The minimum Gasteiger partial charge on any atom is -0.377 e. The fraction of sp³-hybridized carbons (Fsp3) is 0.400. The van der Waals surface area contributed by atoms with Crippen molar-refractivity contribution in [2.24, 2.45) is 7.05 Å². The maximum Gasteiger partial charge on any atom is 0.234 e. The van der Waals surface area contributed by atoms with E-state index >= 15 is 0 Å². The number of carbonyl (C=O) groups is 1. The first-order valence-corrected chi connectivity index (χ1v) is 5.00. The molecule has 0 N–H and O–H groups in total. The van der Waals surface area contributed by atoms with Crippen molar-refractivity contribution in [2.45, 2.75) is 6.42 Å². The Morgan fingerprint density at radius 1 is 1.59 bits per heavy atom. The number of carbonyl (C=O) groups excluding carboxylic acids is 1. The summed E-state index contributed by atoms with van der Waals surface area (Å²) in [5.74, 6) is 0.598. The van der Waals surface area contributed by atoms with Crippen molar-refractivity contribution < 1.29 is 14.1 Å². The Hall–Kier alpha value is -2.02. The monoisotopic (exact) mass is 236 g/mol. The summed E-state index contributed by atoms with van der Waals surface area (Å²) in [5.41, 5.74) is 0.735. The number of imidazole rings is 1. The summed E-state index contributed by atoms with van der Waals surface area (Å²) >= 11 is 0. The first-order valence-electron chi connectivity index (χ1n) is 5.00. The quantitative estimate of drug-likeness (QED) is 0.738. The second-order valence-electron chi connectivity index (χ2n) is 3.55. The van der Waals surface area contributed by atoms with E-state index in [0.29, 0.717) is 5.82 Å². The average molecular weight is 236 g/mol. The van der Waals surface area contributed by atoms with Crippen LogP contribution >= 0.6 is 0 Å². The van der Waals surface area contributed by atoms with Gasteiger partial charge < -0.3 is 13.8 Å². The van der Waals surface area contributed by atoms with Gasteiger partial charge in [0.2, 0.25) is 11.7 Å². The Kier molecular flexibility index (Phi) is 3.29. The van der Waals surface area contributed by atoms with Gasteiger partial charge in [-0.15, -0.1) is 0 Å². The van der Waals surface area contributed by atoms with E-state index in [-0.39, 0.29) is 24.7 Å². The van der Waals surface area contributed by atoms with Crippen LogP contribution in [0.5, 0.6) is 0 Å². The summed E-state index contributed by atoms with van der Waals surface area (Å²) in [6.07, 6.45) is 3.35. The molecule has 0 fully saturated rings. The molecule has 0 bridgehead atoms. The van der Waals surface area contributed by atoms with E-state index in [9.17, 15) is 4.79 Å². The van der Waals surface area contributed by atoms with Crippen LogP contribution in [0.1, 0.15) is 5.89 Å². The Morgan fingerprint density at radius 3 is 3.06 bits per heavy atom. The normalized spacial score (nSPS) is 10.7. The number of aryl methyl sites for hydroxylation is 1. The lowest BCUT2D eigenvalue weighted by Gasteiger charge is -1.94. The van der Waals surface area contributed by atoms with E-state index in [2.05, 4.69) is 15.1 Å². The molecule has 2 rings (SSSR count). The number of rotatable bonds is 5. The highest BCUT2D eigenvalue weighted by Gasteiger charge is 2.14. The van der Waals surface area contributed by atoms with E-state index in [0.717, 1.165) is 5.69 Å². The molecule has 2 heterocycles. The fourth-order valence-corrected chi connectivity index (χ4v) is 1.38. The highest BCUT2D eigenvalue weighted by molar-refractivity contribution is 5.81. The van der Waals surface area contributed by atoms with Crippen LogP contribution in [0, 0.1) is 0 Å². The Bertz CT molecular complexity index is 517. The van der Waals surface area contributed by atoms with Gasteiger partial charge in [0, 0.05) is 14.2 Å². The predicted octanol–water partition coefficient (Wildman–Crippen LogP) is 0.228. The van der Waals surface area contributed by atoms with E-state index in [1.54, 1.807) is 17.1 Å². The molecule has 0 saturated carbocycles. The molecule has 0 radical (unpaired) electrons. The lowest BCUT2D eigenvalue weighted by molar-refractivity contribution is -0.122. The Labute approximate surface area is 97.4 Å². The number of ketones is 1. The van der Waals surface area contributed by atoms with E-state index in [4.69, 9.17) is 9.26 Å². The van der Waals surface area contributed by atoms with E-state index in [1.165, 1.54) is 7.11 Å². The molecule has 0 amide bonds. The summed E-state index contributed by atoms with van der Waals surface area (Å²) in [4.78, 5) is 19.4. The molecule has 0 aromatic carbocycles. The van der Waals surface area contributed by atoms with Crippen LogP contribution < -0.4 is 0 Å². The first kappa shape index (κ1) is 11.5. The van der Waals surface area contributed by atoms with Gasteiger partial charge in [-0.1, -0.05) is 5.16 Å². The molecule has 0 unspecified atom stereocenters. The topological polar surface area (TPSA) is 83.0 Å². The van der Waals surface area contributed by atoms with Crippen LogP contribution in [0.4, 0.5) is 0 Å². The molecular formula is C10H12N4O3. The zero-order valence-electron chi connectivity index (χ0n) is 9.58. The zero-order chi connectivity index (χ0) is 12.3. The third-order valence-corrected chi connectivity index (χ3v) is 2.17. The maximum atomic E-state index is 11.3. The number of ether oxygens (including phenoxy) is 1. The van der Waals surface area contributed by atoms with Gasteiger partial charge in [-0.25, -0.2) is 4.98 Å². The van der Waals surface area contributed by atoms with Crippen LogP contribution in [0.15, 0.2) is 17.0 Å². The van der Waals surface area contributed by atoms with Crippen LogP contribution in [0.3, 0.4) is 0 Å². The van der Waals surface area contributed by atoms with E-state index in [1.807, 2.05) is 7.05 Å². The van der Waals surface area contributed by atoms with Crippen LogP contribution in [0.2, 0.25) is 0 Å². The second kappa shape index (κ2) is 4.88. The predicted molar refractivity (Wildman–Crippen MR) is 57.1 cm³/mol. The number of hydrogen-bond acceptors (Lipinski definition) is 6. The molecule has 2 aromatic rings. The Morgan fingerprint density at radius 2 is 2.41 bits per heavy atom.